The molecule has 0 saturated heterocycles. The largest absolute Gasteiger partial charge is 0.465 e. The Kier molecular flexibility index (Phi) is 6.03. The van der Waals surface area contributed by atoms with E-state index in [4.69, 9.17) is 4.74 Å². The number of esters is 1. The van der Waals surface area contributed by atoms with Crippen molar-refractivity contribution in [3.8, 4) is 0 Å². The van der Waals surface area contributed by atoms with Gasteiger partial charge >= 0.3 is 5.97 Å². The number of thioether (sulfide) groups is 1. The Balaban J connectivity index is 1.67. The summed E-state index contributed by atoms with van der Waals surface area (Å²) in [4.78, 5) is 30.1. The van der Waals surface area contributed by atoms with E-state index >= 15 is 0 Å². The minimum atomic E-state index is -0.366. The molecular formula is C18H23N3O3S2. The number of aromatic nitrogens is 2. The molecule has 1 aliphatic carbocycles. The van der Waals surface area contributed by atoms with Gasteiger partial charge in [-0.1, -0.05) is 18.7 Å². The van der Waals surface area contributed by atoms with Crippen molar-refractivity contribution in [2.45, 2.75) is 37.8 Å². The van der Waals surface area contributed by atoms with Gasteiger partial charge in [0.25, 0.3) is 0 Å². The number of thiophene rings is 1. The summed E-state index contributed by atoms with van der Waals surface area (Å²) in [7, 11) is 3.31. The van der Waals surface area contributed by atoms with Crippen LogP contribution in [0.25, 0.3) is 0 Å². The molecule has 1 unspecified atom stereocenters. The lowest BCUT2D eigenvalue weighted by molar-refractivity contribution is -0.115. The lowest BCUT2D eigenvalue weighted by Gasteiger charge is -2.18. The Labute approximate surface area is 161 Å². The molecule has 0 aromatic carbocycles. The summed E-state index contributed by atoms with van der Waals surface area (Å²) in [5, 5.41) is 4.44. The van der Waals surface area contributed by atoms with Crippen LogP contribution >= 0.6 is 23.1 Å². The van der Waals surface area contributed by atoms with Gasteiger partial charge in [0.05, 0.1) is 12.7 Å². The van der Waals surface area contributed by atoms with Crippen molar-refractivity contribution in [2.75, 3.05) is 18.2 Å². The maximum atomic E-state index is 12.4. The molecule has 2 aromatic rings. The van der Waals surface area contributed by atoms with Crippen LogP contribution in [0.2, 0.25) is 0 Å². The van der Waals surface area contributed by atoms with E-state index in [1.807, 2.05) is 17.8 Å². The highest BCUT2D eigenvalue weighted by atomic mass is 32.2. The van der Waals surface area contributed by atoms with E-state index < -0.39 is 0 Å². The van der Waals surface area contributed by atoms with Gasteiger partial charge in [0.1, 0.15) is 5.00 Å². The summed E-state index contributed by atoms with van der Waals surface area (Å²) in [6.45, 7) is 2.22. The van der Waals surface area contributed by atoms with Gasteiger partial charge in [0.2, 0.25) is 5.91 Å². The normalized spacial score (nSPS) is 16.2. The fourth-order valence-corrected chi connectivity index (χ4v) is 5.36. The van der Waals surface area contributed by atoms with Crippen LogP contribution in [0.5, 0.6) is 0 Å². The summed E-state index contributed by atoms with van der Waals surface area (Å²) in [6, 6.07) is 0. The number of nitrogens with zero attached hydrogens (tertiary/aromatic N) is 2. The van der Waals surface area contributed by atoms with Crippen molar-refractivity contribution >= 4 is 40.0 Å². The van der Waals surface area contributed by atoms with Crippen LogP contribution in [0, 0.1) is 5.92 Å². The van der Waals surface area contributed by atoms with Gasteiger partial charge in [-0.05, 0) is 30.7 Å². The van der Waals surface area contributed by atoms with Gasteiger partial charge in [0, 0.05) is 36.5 Å². The maximum absolute atomic E-state index is 12.4. The lowest BCUT2D eigenvalue weighted by atomic mass is 9.88. The predicted molar refractivity (Wildman–Crippen MR) is 104 cm³/mol. The zero-order chi connectivity index (χ0) is 18.7. The Morgan fingerprint density at radius 3 is 3.00 bits per heavy atom. The van der Waals surface area contributed by atoms with Gasteiger partial charge in [0.15, 0.2) is 5.16 Å². The average molecular weight is 394 g/mol. The molecule has 0 saturated carbocycles. The number of methoxy groups -OCH3 is 1. The number of fused-ring (bicyclic) bond motifs is 1. The highest BCUT2D eigenvalue weighted by Gasteiger charge is 2.28. The average Bonchev–Trinajstić information content (AvgIpc) is 3.17. The topological polar surface area (TPSA) is 73.2 Å². The summed E-state index contributed by atoms with van der Waals surface area (Å²) in [5.74, 6) is 0.773. The molecule has 1 N–H and O–H groups in total. The molecule has 140 valence electrons. The van der Waals surface area contributed by atoms with Crippen LogP contribution in [0.4, 0.5) is 5.00 Å². The number of rotatable bonds is 6. The third-order valence-electron chi connectivity index (χ3n) is 4.49. The Morgan fingerprint density at radius 1 is 1.50 bits per heavy atom. The predicted octanol–water partition coefficient (Wildman–Crippen LogP) is 3.51. The standard InChI is InChI=1S/C18H23N3O3S2/c1-11-4-5-12-13(10-11)26-16(15(12)17(23)24-3)20-14(22)6-9-25-18-19-7-8-21(18)2/h7-8,11H,4-6,9-10H2,1-3H3,(H,20,22). The van der Waals surface area contributed by atoms with Crippen molar-refractivity contribution in [1.29, 1.82) is 0 Å². The van der Waals surface area contributed by atoms with E-state index in [1.54, 1.807) is 6.20 Å². The monoisotopic (exact) mass is 393 g/mol. The second-order valence-corrected chi connectivity index (χ2v) is 8.68. The maximum Gasteiger partial charge on any atom is 0.341 e. The fourth-order valence-electron chi connectivity index (χ4n) is 3.07. The highest BCUT2D eigenvalue weighted by Crippen LogP contribution is 2.40. The molecule has 0 aliphatic heterocycles. The molecule has 1 aliphatic rings. The number of hydrogen-bond acceptors (Lipinski definition) is 6. The van der Waals surface area contributed by atoms with Crippen molar-refractivity contribution in [3.63, 3.8) is 0 Å². The first-order valence-electron chi connectivity index (χ1n) is 8.62. The number of hydrogen-bond donors (Lipinski definition) is 1. The van der Waals surface area contributed by atoms with E-state index in [0.717, 1.165) is 30.0 Å². The Morgan fingerprint density at radius 2 is 2.31 bits per heavy atom. The lowest BCUT2D eigenvalue weighted by Crippen LogP contribution is -2.16. The molecule has 0 fully saturated rings. The van der Waals surface area contributed by atoms with Gasteiger partial charge in [-0.15, -0.1) is 11.3 Å². The zero-order valence-electron chi connectivity index (χ0n) is 15.2. The number of nitrogens with one attached hydrogen (secondary N) is 1. The third kappa shape index (κ3) is 4.12. The first-order valence-corrected chi connectivity index (χ1v) is 10.4. The van der Waals surface area contributed by atoms with Crippen LogP contribution in [0.3, 0.4) is 0 Å². The van der Waals surface area contributed by atoms with E-state index in [-0.39, 0.29) is 11.9 Å². The summed E-state index contributed by atoms with van der Waals surface area (Å²) >= 11 is 3.05. The molecule has 0 spiro atoms. The minimum absolute atomic E-state index is 0.0940. The molecule has 8 heteroatoms. The summed E-state index contributed by atoms with van der Waals surface area (Å²) in [5.41, 5.74) is 1.60. The van der Waals surface area contributed by atoms with Crippen LogP contribution in [0.1, 0.15) is 40.6 Å². The second kappa shape index (κ2) is 8.26. The van der Waals surface area contributed by atoms with Crippen molar-refractivity contribution in [3.05, 3.63) is 28.4 Å². The van der Waals surface area contributed by atoms with Gasteiger partial charge in [-0.25, -0.2) is 9.78 Å². The zero-order valence-corrected chi connectivity index (χ0v) is 16.8. The Bertz CT molecular complexity index is 813. The molecule has 0 radical (unpaired) electrons. The molecule has 1 amide bonds. The van der Waals surface area contributed by atoms with E-state index in [2.05, 4.69) is 17.2 Å². The van der Waals surface area contributed by atoms with Crippen LogP contribution in [0.15, 0.2) is 17.6 Å². The fraction of sp³-hybridized carbons (Fsp3) is 0.500. The third-order valence-corrected chi connectivity index (χ3v) is 6.72. The summed E-state index contributed by atoms with van der Waals surface area (Å²) < 4.78 is 6.88. The van der Waals surface area contributed by atoms with Gasteiger partial charge in [-0.2, -0.15) is 0 Å². The quantitative estimate of drug-likeness (QED) is 0.600. The van der Waals surface area contributed by atoms with Crippen molar-refractivity contribution in [2.24, 2.45) is 13.0 Å². The molecule has 1 atom stereocenters. The van der Waals surface area contributed by atoms with Gasteiger partial charge < -0.3 is 14.6 Å². The molecule has 26 heavy (non-hydrogen) atoms. The number of imidazole rings is 1. The SMILES string of the molecule is COC(=O)c1c(NC(=O)CCSc2nccn2C)sc2c1CCC(C)C2. The smallest absolute Gasteiger partial charge is 0.341 e. The number of ether oxygens (including phenoxy) is 1. The highest BCUT2D eigenvalue weighted by molar-refractivity contribution is 7.99. The van der Waals surface area contributed by atoms with Crippen molar-refractivity contribution < 1.29 is 14.3 Å². The molecule has 3 rings (SSSR count). The number of anilines is 1. The first kappa shape index (κ1) is 19.0. The van der Waals surface area contributed by atoms with E-state index in [0.29, 0.717) is 28.7 Å². The molecule has 2 aromatic heterocycles. The van der Waals surface area contributed by atoms with Crippen LogP contribution < -0.4 is 5.32 Å². The molecule has 2 heterocycles. The summed E-state index contributed by atoms with van der Waals surface area (Å²) in [6.07, 6.45) is 6.85. The first-order chi connectivity index (χ1) is 12.5. The second-order valence-electron chi connectivity index (χ2n) is 6.51. The number of amides is 1. The van der Waals surface area contributed by atoms with Crippen LogP contribution in [-0.4, -0.2) is 34.3 Å². The molecule has 6 nitrogen and oxygen atoms in total. The molecular weight excluding hydrogens is 370 g/mol. The van der Waals surface area contributed by atoms with E-state index in [9.17, 15) is 9.59 Å². The Hall–Kier alpha value is -1.80. The minimum Gasteiger partial charge on any atom is -0.465 e. The van der Waals surface area contributed by atoms with Crippen LogP contribution in [-0.2, 0) is 29.4 Å². The number of carbonyl (C=O) groups excluding carboxylic acids is 2. The number of aryl methyl sites for hydroxylation is 1. The molecule has 0 bridgehead atoms. The van der Waals surface area contributed by atoms with E-state index in [1.165, 1.54) is 35.1 Å². The number of carbonyl (C=O) groups is 2. The van der Waals surface area contributed by atoms with Gasteiger partial charge in [-0.3, -0.25) is 4.79 Å². The van der Waals surface area contributed by atoms with Crippen molar-refractivity contribution in [1.82, 2.24) is 9.55 Å².